The molecule has 2 amide bonds. The lowest BCUT2D eigenvalue weighted by atomic mass is 10.1. The average Bonchev–Trinajstić information content (AvgIpc) is 2.59. The van der Waals surface area contributed by atoms with E-state index in [1.165, 1.54) is 11.0 Å². The second-order valence-corrected chi connectivity index (χ2v) is 6.39. The van der Waals surface area contributed by atoms with Gasteiger partial charge in [0, 0.05) is 43.5 Å². The summed E-state index contributed by atoms with van der Waals surface area (Å²) in [6.07, 6.45) is 1.27. The number of carbonyl (C=O) groups is 2. The number of likely N-dealkylation sites (N-methyl/N-ethyl adjacent to an activating group) is 2. The largest absolute Gasteiger partial charge is 0.336 e. The number of carbonyl (C=O) groups excluding carboxylic acids is 2. The van der Waals surface area contributed by atoms with Crippen molar-refractivity contribution in [2.75, 3.05) is 31.6 Å². The standard InChI is InChI=1S/C19H27N3O2/c1-6-18(23)20(5)17-10-8-16(9-11-17)19(24)21-12-14(3)22(7-2)15(4)13-21/h6,8-11,14-15H,1,7,12-13H2,2-5H3/t14-,15+. The van der Waals surface area contributed by atoms with Crippen molar-refractivity contribution in [3.8, 4) is 0 Å². The summed E-state index contributed by atoms with van der Waals surface area (Å²) in [5, 5.41) is 0. The molecule has 0 unspecified atom stereocenters. The molecular weight excluding hydrogens is 302 g/mol. The van der Waals surface area contributed by atoms with Crippen LogP contribution < -0.4 is 4.90 Å². The SMILES string of the molecule is C=CC(=O)N(C)c1ccc(C(=O)N2C[C@@H](C)N(CC)[C@@H](C)C2)cc1. The molecule has 1 fully saturated rings. The summed E-state index contributed by atoms with van der Waals surface area (Å²) in [5.41, 5.74) is 1.40. The summed E-state index contributed by atoms with van der Waals surface area (Å²) < 4.78 is 0. The van der Waals surface area contributed by atoms with E-state index >= 15 is 0 Å². The maximum absolute atomic E-state index is 12.8. The Morgan fingerprint density at radius 3 is 2.21 bits per heavy atom. The zero-order valence-corrected chi connectivity index (χ0v) is 15.0. The molecule has 5 nitrogen and oxygen atoms in total. The van der Waals surface area contributed by atoms with E-state index in [4.69, 9.17) is 0 Å². The fraction of sp³-hybridized carbons (Fsp3) is 0.474. The van der Waals surface area contributed by atoms with E-state index in [9.17, 15) is 9.59 Å². The van der Waals surface area contributed by atoms with Gasteiger partial charge in [0.1, 0.15) is 0 Å². The average molecular weight is 329 g/mol. The van der Waals surface area contributed by atoms with Crippen LogP contribution in [0.2, 0.25) is 0 Å². The second kappa shape index (κ2) is 7.62. The van der Waals surface area contributed by atoms with E-state index in [1.807, 2.05) is 4.90 Å². The third kappa shape index (κ3) is 3.67. The topological polar surface area (TPSA) is 43.9 Å². The van der Waals surface area contributed by atoms with Gasteiger partial charge in [-0.3, -0.25) is 14.5 Å². The maximum atomic E-state index is 12.8. The summed E-state index contributed by atoms with van der Waals surface area (Å²) in [5.74, 6) is -0.124. The van der Waals surface area contributed by atoms with E-state index in [0.29, 0.717) is 17.6 Å². The van der Waals surface area contributed by atoms with Crippen LogP contribution in [0.1, 0.15) is 31.1 Å². The third-order valence-electron chi connectivity index (χ3n) is 4.76. The molecule has 2 atom stereocenters. The predicted octanol–water partition coefficient (Wildman–Crippen LogP) is 2.39. The van der Waals surface area contributed by atoms with Crippen LogP contribution in [0.4, 0.5) is 5.69 Å². The molecule has 1 aromatic rings. The van der Waals surface area contributed by atoms with Crippen molar-refractivity contribution in [3.05, 3.63) is 42.5 Å². The minimum absolute atomic E-state index is 0.0497. The predicted molar refractivity (Wildman–Crippen MR) is 97.3 cm³/mol. The van der Waals surface area contributed by atoms with Gasteiger partial charge in [-0.25, -0.2) is 0 Å². The molecule has 130 valence electrons. The van der Waals surface area contributed by atoms with Crippen molar-refractivity contribution in [2.45, 2.75) is 32.9 Å². The van der Waals surface area contributed by atoms with Crippen molar-refractivity contribution in [1.29, 1.82) is 0 Å². The molecule has 1 saturated heterocycles. The lowest BCUT2D eigenvalue weighted by molar-refractivity contribution is -0.113. The zero-order valence-electron chi connectivity index (χ0n) is 15.0. The summed E-state index contributed by atoms with van der Waals surface area (Å²) in [6, 6.07) is 7.88. The minimum Gasteiger partial charge on any atom is -0.336 e. The Bertz CT molecular complexity index is 600. The summed E-state index contributed by atoms with van der Waals surface area (Å²) in [7, 11) is 1.69. The first-order valence-electron chi connectivity index (χ1n) is 8.44. The van der Waals surface area contributed by atoms with Crippen LogP contribution in [0.5, 0.6) is 0 Å². The Morgan fingerprint density at radius 2 is 1.75 bits per heavy atom. The molecule has 1 aromatic carbocycles. The van der Waals surface area contributed by atoms with Crippen LogP contribution in [0.3, 0.4) is 0 Å². The number of piperazine rings is 1. The molecule has 24 heavy (non-hydrogen) atoms. The quantitative estimate of drug-likeness (QED) is 0.797. The highest BCUT2D eigenvalue weighted by molar-refractivity contribution is 6.01. The fourth-order valence-corrected chi connectivity index (χ4v) is 3.42. The van der Waals surface area contributed by atoms with E-state index in [2.05, 4.69) is 32.3 Å². The summed E-state index contributed by atoms with van der Waals surface area (Å²) in [6.45, 7) is 12.5. The van der Waals surface area contributed by atoms with Gasteiger partial charge in [-0.05, 0) is 50.7 Å². The molecule has 1 aliphatic heterocycles. The minimum atomic E-state index is -0.174. The van der Waals surface area contributed by atoms with E-state index in [-0.39, 0.29) is 11.8 Å². The molecule has 0 aromatic heterocycles. The Balaban J connectivity index is 2.10. The fourth-order valence-electron chi connectivity index (χ4n) is 3.42. The molecule has 0 spiro atoms. The Morgan fingerprint density at radius 1 is 1.21 bits per heavy atom. The Labute approximate surface area is 144 Å². The van der Waals surface area contributed by atoms with Crippen molar-refractivity contribution >= 4 is 17.5 Å². The highest BCUT2D eigenvalue weighted by Crippen LogP contribution is 2.19. The first-order chi connectivity index (χ1) is 11.4. The highest BCUT2D eigenvalue weighted by Gasteiger charge is 2.31. The monoisotopic (exact) mass is 329 g/mol. The van der Waals surface area contributed by atoms with Gasteiger partial charge in [0.05, 0.1) is 0 Å². The smallest absolute Gasteiger partial charge is 0.253 e. The number of hydrogen-bond acceptors (Lipinski definition) is 3. The summed E-state index contributed by atoms with van der Waals surface area (Å²) >= 11 is 0. The van der Waals surface area contributed by atoms with Crippen molar-refractivity contribution in [2.24, 2.45) is 0 Å². The highest BCUT2D eigenvalue weighted by atomic mass is 16.2. The van der Waals surface area contributed by atoms with Crippen LogP contribution in [0.25, 0.3) is 0 Å². The Kier molecular flexibility index (Phi) is 5.78. The molecule has 0 aliphatic carbocycles. The van der Waals surface area contributed by atoms with Gasteiger partial charge < -0.3 is 9.80 Å². The lowest BCUT2D eigenvalue weighted by Gasteiger charge is -2.44. The maximum Gasteiger partial charge on any atom is 0.253 e. The molecule has 0 N–H and O–H groups in total. The molecule has 1 heterocycles. The first kappa shape index (κ1) is 18.2. The van der Waals surface area contributed by atoms with Crippen LogP contribution in [-0.2, 0) is 4.79 Å². The number of nitrogens with zero attached hydrogens (tertiary/aromatic N) is 3. The van der Waals surface area contributed by atoms with Gasteiger partial charge >= 0.3 is 0 Å². The van der Waals surface area contributed by atoms with Gasteiger partial charge in [-0.2, -0.15) is 0 Å². The number of hydrogen-bond donors (Lipinski definition) is 0. The Hall–Kier alpha value is -2.14. The van der Waals surface area contributed by atoms with E-state index in [1.54, 1.807) is 31.3 Å². The molecule has 0 saturated carbocycles. The van der Waals surface area contributed by atoms with Crippen molar-refractivity contribution < 1.29 is 9.59 Å². The number of rotatable bonds is 4. The number of anilines is 1. The summed E-state index contributed by atoms with van der Waals surface area (Å²) in [4.78, 5) is 30.3. The van der Waals surface area contributed by atoms with Crippen LogP contribution in [0.15, 0.2) is 36.9 Å². The number of amides is 2. The molecule has 5 heteroatoms. The van der Waals surface area contributed by atoms with E-state index < -0.39 is 0 Å². The third-order valence-corrected chi connectivity index (χ3v) is 4.76. The van der Waals surface area contributed by atoms with Crippen molar-refractivity contribution in [1.82, 2.24) is 9.80 Å². The molecule has 0 bridgehead atoms. The molecular formula is C19H27N3O2. The molecule has 2 rings (SSSR count). The van der Waals surface area contributed by atoms with Crippen molar-refractivity contribution in [3.63, 3.8) is 0 Å². The van der Waals surface area contributed by atoms with Crippen LogP contribution >= 0.6 is 0 Å². The molecule has 1 aliphatic rings. The number of benzene rings is 1. The van der Waals surface area contributed by atoms with Gasteiger partial charge in [0.15, 0.2) is 0 Å². The first-order valence-corrected chi connectivity index (χ1v) is 8.44. The van der Waals surface area contributed by atoms with Gasteiger partial charge in [-0.15, -0.1) is 0 Å². The second-order valence-electron chi connectivity index (χ2n) is 6.39. The van der Waals surface area contributed by atoms with Crippen LogP contribution in [-0.4, -0.2) is 60.4 Å². The lowest BCUT2D eigenvalue weighted by Crippen LogP contribution is -2.57. The molecule has 0 radical (unpaired) electrons. The van der Waals surface area contributed by atoms with Gasteiger partial charge in [0.2, 0.25) is 5.91 Å². The van der Waals surface area contributed by atoms with E-state index in [0.717, 1.165) is 25.3 Å². The van der Waals surface area contributed by atoms with Gasteiger partial charge in [-0.1, -0.05) is 13.5 Å². The van der Waals surface area contributed by atoms with Crippen LogP contribution in [0, 0.1) is 0 Å². The normalized spacial score (nSPS) is 21.4. The zero-order chi connectivity index (χ0) is 17.9. The van der Waals surface area contributed by atoms with Gasteiger partial charge in [0.25, 0.3) is 5.91 Å².